The highest BCUT2D eigenvalue weighted by molar-refractivity contribution is 9.10. The lowest BCUT2D eigenvalue weighted by atomic mass is 9.96. The Bertz CT molecular complexity index is 718. The van der Waals surface area contributed by atoms with Gasteiger partial charge in [0.25, 0.3) is 0 Å². The molecule has 0 unspecified atom stereocenters. The van der Waals surface area contributed by atoms with E-state index in [2.05, 4.69) is 72.5 Å². The molecule has 27 heavy (non-hydrogen) atoms. The van der Waals surface area contributed by atoms with Gasteiger partial charge in [-0.25, -0.2) is 4.99 Å². The summed E-state index contributed by atoms with van der Waals surface area (Å²) < 4.78 is 3.19. The topological polar surface area (TPSA) is 67.1 Å². The van der Waals surface area contributed by atoms with E-state index >= 15 is 0 Å². The summed E-state index contributed by atoms with van der Waals surface area (Å²) in [5.41, 5.74) is 1.20. The van der Waals surface area contributed by atoms with Crippen LogP contribution in [0.1, 0.15) is 50.4 Å². The van der Waals surface area contributed by atoms with Crippen LogP contribution in [0.25, 0.3) is 0 Å². The molecule has 0 spiro atoms. The number of rotatable bonds is 7. The smallest absolute Gasteiger partial charge is 0.191 e. The minimum atomic E-state index is 0.524. The van der Waals surface area contributed by atoms with Gasteiger partial charge in [-0.1, -0.05) is 54.2 Å². The Labute approximate surface area is 170 Å². The molecule has 3 rings (SSSR count). The Morgan fingerprint density at radius 3 is 2.74 bits per heavy atom. The molecular weight excluding hydrogens is 404 g/mol. The van der Waals surface area contributed by atoms with E-state index in [1.54, 1.807) is 6.33 Å². The first kappa shape index (κ1) is 19.9. The maximum absolute atomic E-state index is 4.82. The maximum Gasteiger partial charge on any atom is 0.191 e. The van der Waals surface area contributed by atoms with Crippen molar-refractivity contribution in [3.8, 4) is 0 Å². The number of guanidine groups is 1. The first-order valence-electron chi connectivity index (χ1n) is 9.90. The van der Waals surface area contributed by atoms with E-state index in [0.29, 0.717) is 12.6 Å². The van der Waals surface area contributed by atoms with Crippen molar-refractivity contribution < 1.29 is 0 Å². The fourth-order valence-corrected chi connectivity index (χ4v) is 3.65. The zero-order valence-electron chi connectivity index (χ0n) is 16.0. The third kappa shape index (κ3) is 6.34. The molecule has 0 bridgehead atoms. The Morgan fingerprint density at radius 2 is 2.00 bits per heavy atom. The van der Waals surface area contributed by atoms with Gasteiger partial charge in [0.15, 0.2) is 5.96 Å². The number of aromatic nitrogens is 3. The molecule has 1 aliphatic rings. The van der Waals surface area contributed by atoms with E-state index in [-0.39, 0.29) is 0 Å². The molecule has 7 heteroatoms. The summed E-state index contributed by atoms with van der Waals surface area (Å²) in [7, 11) is 0. The van der Waals surface area contributed by atoms with E-state index in [9.17, 15) is 0 Å². The highest BCUT2D eigenvalue weighted by Gasteiger charge is 2.14. The third-order valence-electron chi connectivity index (χ3n) is 4.94. The van der Waals surface area contributed by atoms with Crippen LogP contribution in [0.2, 0.25) is 0 Å². The predicted molar refractivity (Wildman–Crippen MR) is 113 cm³/mol. The lowest BCUT2D eigenvalue weighted by molar-refractivity contribution is 0.409. The first-order valence-corrected chi connectivity index (χ1v) is 10.7. The molecule has 6 nitrogen and oxygen atoms in total. The average molecular weight is 433 g/mol. The van der Waals surface area contributed by atoms with Crippen molar-refractivity contribution in [3.05, 3.63) is 46.5 Å². The van der Waals surface area contributed by atoms with Crippen LogP contribution < -0.4 is 10.6 Å². The van der Waals surface area contributed by atoms with Gasteiger partial charge in [-0.05, 0) is 30.5 Å². The van der Waals surface area contributed by atoms with E-state index in [1.165, 1.54) is 37.7 Å². The summed E-state index contributed by atoms with van der Waals surface area (Å²) in [6.45, 7) is 4.40. The minimum Gasteiger partial charge on any atom is -0.355 e. The molecule has 2 N–H and O–H groups in total. The van der Waals surface area contributed by atoms with Crippen LogP contribution in [0.4, 0.5) is 0 Å². The summed E-state index contributed by atoms with van der Waals surface area (Å²) in [4.78, 5) is 4.82. The molecule has 2 aromatic rings. The largest absolute Gasteiger partial charge is 0.355 e. The number of hydrogen-bond acceptors (Lipinski definition) is 3. The zero-order valence-corrected chi connectivity index (χ0v) is 17.6. The number of halogens is 1. The lowest BCUT2D eigenvalue weighted by Crippen LogP contribution is -2.45. The van der Waals surface area contributed by atoms with Crippen LogP contribution >= 0.6 is 15.9 Å². The minimum absolute atomic E-state index is 0.524. The van der Waals surface area contributed by atoms with Gasteiger partial charge < -0.3 is 15.2 Å². The molecule has 0 atom stereocenters. The Balaban J connectivity index is 1.59. The molecular formula is C20H29BrN6. The molecule has 0 radical (unpaired) electrons. The van der Waals surface area contributed by atoms with Crippen molar-refractivity contribution >= 4 is 21.9 Å². The van der Waals surface area contributed by atoms with Crippen molar-refractivity contribution in [2.24, 2.45) is 4.99 Å². The molecule has 0 amide bonds. The van der Waals surface area contributed by atoms with Crippen molar-refractivity contribution in [3.63, 3.8) is 0 Å². The normalized spacial score (nSPS) is 15.7. The van der Waals surface area contributed by atoms with Gasteiger partial charge >= 0.3 is 0 Å². The fourth-order valence-electron chi connectivity index (χ4n) is 3.39. The van der Waals surface area contributed by atoms with Gasteiger partial charge in [0.1, 0.15) is 12.2 Å². The second-order valence-corrected chi connectivity index (χ2v) is 7.91. The monoisotopic (exact) mass is 432 g/mol. The lowest BCUT2D eigenvalue weighted by Gasteiger charge is -2.25. The molecule has 0 aliphatic heterocycles. The molecule has 1 heterocycles. The number of benzene rings is 1. The van der Waals surface area contributed by atoms with Gasteiger partial charge in [0.2, 0.25) is 0 Å². The van der Waals surface area contributed by atoms with E-state index < -0.39 is 0 Å². The molecule has 1 aliphatic carbocycles. The van der Waals surface area contributed by atoms with E-state index in [0.717, 1.165) is 35.8 Å². The van der Waals surface area contributed by atoms with Crippen molar-refractivity contribution in [1.82, 2.24) is 25.4 Å². The Morgan fingerprint density at radius 1 is 1.22 bits per heavy atom. The molecule has 146 valence electrons. The average Bonchev–Trinajstić information content (AvgIpc) is 3.15. The summed E-state index contributed by atoms with van der Waals surface area (Å²) >= 11 is 3.48. The Hall–Kier alpha value is -1.89. The highest BCUT2D eigenvalue weighted by atomic mass is 79.9. The van der Waals surface area contributed by atoms with Gasteiger partial charge in [-0.3, -0.25) is 0 Å². The van der Waals surface area contributed by atoms with Gasteiger partial charge in [0.05, 0.1) is 6.54 Å². The summed E-state index contributed by atoms with van der Waals surface area (Å²) in [6, 6.07) is 8.86. The summed E-state index contributed by atoms with van der Waals surface area (Å²) in [5, 5.41) is 15.3. The van der Waals surface area contributed by atoms with Crippen LogP contribution in [-0.4, -0.2) is 33.3 Å². The predicted octanol–water partition coefficient (Wildman–Crippen LogP) is 3.67. The number of nitrogens with zero attached hydrogens (tertiary/aromatic N) is 4. The van der Waals surface area contributed by atoms with Gasteiger partial charge in [-0.15, -0.1) is 10.2 Å². The standard InChI is InChI=1S/C20H29BrN6/c1-2-19-26-24-15-27(19)13-12-22-20(25-18-6-4-3-5-7-18)23-14-16-8-10-17(21)11-9-16/h8-11,15,18H,2-7,12-14H2,1H3,(H2,22,23,25). The highest BCUT2D eigenvalue weighted by Crippen LogP contribution is 2.17. The second kappa shape index (κ2) is 10.4. The molecule has 1 aromatic heterocycles. The van der Waals surface area contributed by atoms with Crippen LogP contribution in [0.15, 0.2) is 40.1 Å². The number of nitrogens with one attached hydrogen (secondary N) is 2. The van der Waals surface area contributed by atoms with E-state index in [4.69, 9.17) is 4.99 Å². The van der Waals surface area contributed by atoms with Crippen molar-refractivity contribution in [2.45, 2.75) is 64.6 Å². The Kier molecular flexibility index (Phi) is 7.68. The van der Waals surface area contributed by atoms with Gasteiger partial charge in [-0.2, -0.15) is 0 Å². The van der Waals surface area contributed by atoms with Crippen molar-refractivity contribution in [2.75, 3.05) is 6.54 Å². The summed E-state index contributed by atoms with van der Waals surface area (Å²) in [5.74, 6) is 1.92. The van der Waals surface area contributed by atoms with Crippen LogP contribution in [0.5, 0.6) is 0 Å². The molecule has 1 saturated carbocycles. The third-order valence-corrected chi connectivity index (χ3v) is 5.46. The maximum atomic E-state index is 4.82. The summed E-state index contributed by atoms with van der Waals surface area (Å²) in [6.07, 6.45) is 9.11. The zero-order chi connectivity index (χ0) is 18.9. The molecule has 1 fully saturated rings. The first-order chi connectivity index (χ1) is 13.2. The fraction of sp³-hybridized carbons (Fsp3) is 0.550. The second-order valence-electron chi connectivity index (χ2n) is 6.99. The molecule has 0 saturated heterocycles. The quantitative estimate of drug-likeness (QED) is 0.517. The van der Waals surface area contributed by atoms with Crippen LogP contribution in [0.3, 0.4) is 0 Å². The number of aryl methyl sites for hydroxylation is 1. The van der Waals surface area contributed by atoms with Gasteiger partial charge in [0, 0.05) is 30.0 Å². The van der Waals surface area contributed by atoms with Crippen molar-refractivity contribution in [1.29, 1.82) is 0 Å². The van der Waals surface area contributed by atoms with Crippen LogP contribution in [-0.2, 0) is 19.5 Å². The SMILES string of the molecule is CCc1nncn1CCNC(=NCc1ccc(Br)cc1)NC1CCCCC1. The number of aliphatic imine (C=N–C) groups is 1. The molecule has 1 aromatic carbocycles. The van der Waals surface area contributed by atoms with Crippen LogP contribution in [0, 0.1) is 0 Å². The number of hydrogen-bond donors (Lipinski definition) is 2. The van der Waals surface area contributed by atoms with E-state index in [1.807, 2.05) is 0 Å².